The lowest BCUT2D eigenvalue weighted by Gasteiger charge is -2.32. The van der Waals surface area contributed by atoms with Crippen LogP contribution >= 0.6 is 0 Å². The second-order valence-electron chi connectivity index (χ2n) is 10.4. The number of amides is 4. The Kier molecular flexibility index (Phi) is 6.89. The van der Waals surface area contributed by atoms with Crippen molar-refractivity contribution < 1.29 is 32.3 Å². The fourth-order valence-electron chi connectivity index (χ4n) is 5.76. The first kappa shape index (κ1) is 25.8. The average molecular weight is 510 g/mol. The summed E-state index contributed by atoms with van der Waals surface area (Å²) < 4.78 is 41.1. The standard InChI is InChI=1S/C24H30F3N5O4/c1-24(2)14-10-32(18(34)9-30-20-15(26)6-12(25)7-16(20)27)21(19(14)24)23(36)31-13(8-17(28)33)5-11-3-4-29-22(11)35/h6-7,11,13-14,19,21,30H,3-5,8-10H2,1-2H3,(H2,28,33)(H,29,35)(H,31,36)/t11-,13-,14-,19-,21-/m0/s1. The highest BCUT2D eigenvalue weighted by Gasteiger charge is 2.69. The van der Waals surface area contributed by atoms with E-state index in [9.17, 15) is 32.3 Å². The van der Waals surface area contributed by atoms with Gasteiger partial charge in [0.25, 0.3) is 0 Å². The first-order valence-electron chi connectivity index (χ1n) is 11.9. The van der Waals surface area contributed by atoms with Crippen molar-refractivity contribution in [2.75, 3.05) is 25.0 Å². The van der Waals surface area contributed by atoms with Crippen molar-refractivity contribution in [2.24, 2.45) is 28.9 Å². The van der Waals surface area contributed by atoms with E-state index < -0.39 is 59.5 Å². The van der Waals surface area contributed by atoms with Crippen molar-refractivity contribution in [3.63, 3.8) is 0 Å². The summed E-state index contributed by atoms with van der Waals surface area (Å²) in [5.74, 6) is -5.66. The monoisotopic (exact) mass is 509 g/mol. The number of primary amides is 1. The highest BCUT2D eigenvalue weighted by molar-refractivity contribution is 5.91. The molecule has 12 heteroatoms. The van der Waals surface area contributed by atoms with Crippen molar-refractivity contribution in [2.45, 2.75) is 45.2 Å². The van der Waals surface area contributed by atoms with E-state index in [0.29, 0.717) is 25.1 Å². The van der Waals surface area contributed by atoms with Gasteiger partial charge in [0.15, 0.2) is 11.6 Å². The fraction of sp³-hybridized carbons (Fsp3) is 0.583. The molecule has 4 amide bonds. The molecule has 3 fully saturated rings. The van der Waals surface area contributed by atoms with Gasteiger partial charge in [0, 0.05) is 43.6 Å². The zero-order valence-corrected chi connectivity index (χ0v) is 20.1. The molecule has 0 bridgehead atoms. The Balaban J connectivity index is 1.46. The molecule has 1 aromatic rings. The Morgan fingerprint density at radius 1 is 1.22 bits per heavy atom. The molecule has 1 aliphatic carbocycles. The summed E-state index contributed by atoms with van der Waals surface area (Å²) in [4.78, 5) is 51.4. The van der Waals surface area contributed by atoms with Gasteiger partial charge in [0.1, 0.15) is 17.5 Å². The van der Waals surface area contributed by atoms with E-state index in [0.717, 1.165) is 0 Å². The van der Waals surface area contributed by atoms with Crippen LogP contribution in [-0.4, -0.2) is 60.2 Å². The number of hydrogen-bond donors (Lipinski definition) is 4. The van der Waals surface area contributed by atoms with E-state index >= 15 is 0 Å². The van der Waals surface area contributed by atoms with E-state index in [-0.39, 0.29) is 48.5 Å². The van der Waals surface area contributed by atoms with Gasteiger partial charge in [0.05, 0.1) is 6.54 Å². The quantitative estimate of drug-likeness (QED) is 0.392. The summed E-state index contributed by atoms with van der Waals surface area (Å²) in [5.41, 5.74) is 4.54. The molecule has 0 spiro atoms. The van der Waals surface area contributed by atoms with Crippen LogP contribution < -0.4 is 21.7 Å². The largest absolute Gasteiger partial charge is 0.371 e. The number of nitrogens with two attached hydrogens (primary N) is 1. The van der Waals surface area contributed by atoms with Crippen LogP contribution in [0.15, 0.2) is 12.1 Å². The van der Waals surface area contributed by atoms with Crippen molar-refractivity contribution in [1.82, 2.24) is 15.5 Å². The number of benzene rings is 1. The topological polar surface area (TPSA) is 134 Å². The van der Waals surface area contributed by atoms with Gasteiger partial charge in [-0.1, -0.05) is 13.8 Å². The Bertz CT molecular complexity index is 1070. The number of halogens is 3. The molecule has 5 atom stereocenters. The van der Waals surface area contributed by atoms with E-state index in [4.69, 9.17) is 5.73 Å². The summed E-state index contributed by atoms with van der Waals surface area (Å²) in [5, 5.41) is 7.91. The van der Waals surface area contributed by atoms with Crippen molar-refractivity contribution >= 4 is 29.3 Å². The van der Waals surface area contributed by atoms with Gasteiger partial charge in [0.2, 0.25) is 23.6 Å². The van der Waals surface area contributed by atoms with Gasteiger partial charge in [-0.15, -0.1) is 0 Å². The number of likely N-dealkylation sites (tertiary alicyclic amines) is 1. The van der Waals surface area contributed by atoms with Crippen LogP contribution in [0.4, 0.5) is 18.9 Å². The highest BCUT2D eigenvalue weighted by atomic mass is 19.1. The zero-order chi connectivity index (χ0) is 26.4. The number of rotatable bonds is 9. The molecule has 196 valence electrons. The van der Waals surface area contributed by atoms with Crippen LogP contribution in [0.1, 0.15) is 33.1 Å². The maximum absolute atomic E-state index is 14.0. The van der Waals surface area contributed by atoms with E-state index in [1.54, 1.807) is 0 Å². The predicted octanol–water partition coefficient (Wildman–Crippen LogP) is 0.885. The second kappa shape index (κ2) is 9.62. The summed E-state index contributed by atoms with van der Waals surface area (Å²) >= 11 is 0. The average Bonchev–Trinajstić information content (AvgIpc) is 3.12. The van der Waals surface area contributed by atoms with Crippen LogP contribution in [0, 0.1) is 40.6 Å². The van der Waals surface area contributed by atoms with Crippen molar-refractivity contribution in [1.29, 1.82) is 0 Å². The number of anilines is 1. The van der Waals surface area contributed by atoms with Crippen LogP contribution in [0.3, 0.4) is 0 Å². The lowest BCUT2D eigenvalue weighted by Crippen LogP contribution is -2.53. The van der Waals surface area contributed by atoms with Crippen LogP contribution in [0.5, 0.6) is 0 Å². The van der Waals surface area contributed by atoms with Crippen LogP contribution in [0.25, 0.3) is 0 Å². The highest BCUT2D eigenvalue weighted by Crippen LogP contribution is 2.64. The predicted molar refractivity (Wildman–Crippen MR) is 123 cm³/mol. The van der Waals surface area contributed by atoms with Gasteiger partial charge in [-0.25, -0.2) is 13.2 Å². The smallest absolute Gasteiger partial charge is 0.243 e. The van der Waals surface area contributed by atoms with Gasteiger partial charge >= 0.3 is 0 Å². The zero-order valence-electron chi connectivity index (χ0n) is 20.1. The van der Waals surface area contributed by atoms with Crippen molar-refractivity contribution in [3.8, 4) is 0 Å². The minimum Gasteiger partial charge on any atom is -0.371 e. The number of piperidine rings is 1. The molecule has 4 rings (SSSR count). The Labute approximate surface area is 206 Å². The van der Waals surface area contributed by atoms with E-state index in [1.807, 2.05) is 13.8 Å². The minimum atomic E-state index is -1.18. The minimum absolute atomic E-state index is 0.0618. The summed E-state index contributed by atoms with van der Waals surface area (Å²) in [6, 6.07) is -0.524. The number of carbonyl (C=O) groups is 4. The lowest BCUT2D eigenvalue weighted by molar-refractivity contribution is -0.139. The number of nitrogens with one attached hydrogen (secondary N) is 3. The molecule has 9 nitrogen and oxygen atoms in total. The summed E-state index contributed by atoms with van der Waals surface area (Å²) in [6.45, 7) is 4.30. The van der Waals surface area contributed by atoms with Crippen molar-refractivity contribution in [3.05, 3.63) is 29.6 Å². The Morgan fingerprint density at radius 3 is 2.47 bits per heavy atom. The third-order valence-electron chi connectivity index (χ3n) is 7.75. The number of nitrogens with zero attached hydrogens (tertiary/aromatic N) is 1. The molecule has 0 radical (unpaired) electrons. The molecule has 1 saturated carbocycles. The van der Waals surface area contributed by atoms with Crippen LogP contribution in [0.2, 0.25) is 0 Å². The fourth-order valence-corrected chi connectivity index (χ4v) is 5.76. The summed E-state index contributed by atoms with van der Waals surface area (Å²) in [7, 11) is 0. The third-order valence-corrected chi connectivity index (χ3v) is 7.75. The van der Waals surface area contributed by atoms with Gasteiger partial charge < -0.3 is 26.6 Å². The Hall–Kier alpha value is -3.31. The molecular formula is C24H30F3N5O4. The maximum Gasteiger partial charge on any atom is 0.243 e. The molecule has 36 heavy (non-hydrogen) atoms. The van der Waals surface area contributed by atoms with E-state index in [1.165, 1.54) is 4.90 Å². The molecule has 0 unspecified atom stereocenters. The Morgan fingerprint density at radius 2 is 1.89 bits per heavy atom. The summed E-state index contributed by atoms with van der Waals surface area (Å²) in [6.07, 6.45) is 0.666. The molecule has 0 aromatic heterocycles. The lowest BCUT2D eigenvalue weighted by atomic mass is 9.95. The second-order valence-corrected chi connectivity index (χ2v) is 10.4. The SMILES string of the molecule is CC1(C)[C@@H]2[C@@H](C(=O)N[C@H](CC(N)=O)C[C@@H]3CCNC3=O)N(C(=O)CNc3c(F)cc(F)cc3F)C[C@@H]21. The van der Waals surface area contributed by atoms with Crippen LogP contribution in [-0.2, 0) is 19.2 Å². The number of carbonyl (C=O) groups excluding carboxylic acids is 4. The number of hydrogen-bond acceptors (Lipinski definition) is 5. The molecular weight excluding hydrogens is 479 g/mol. The maximum atomic E-state index is 14.0. The molecule has 3 aliphatic rings. The van der Waals surface area contributed by atoms with E-state index in [2.05, 4.69) is 16.0 Å². The molecule has 2 aliphatic heterocycles. The first-order chi connectivity index (χ1) is 16.9. The third kappa shape index (κ3) is 4.98. The normalized spacial score (nSPS) is 26.7. The molecule has 2 saturated heterocycles. The number of fused-ring (bicyclic) bond motifs is 1. The first-order valence-corrected chi connectivity index (χ1v) is 11.9. The van der Waals surface area contributed by atoms with Gasteiger partial charge in [-0.05, 0) is 30.1 Å². The van der Waals surface area contributed by atoms with Gasteiger partial charge in [-0.2, -0.15) is 0 Å². The molecule has 5 N–H and O–H groups in total. The van der Waals surface area contributed by atoms with Gasteiger partial charge in [-0.3, -0.25) is 19.2 Å². The molecule has 2 heterocycles. The molecule has 1 aromatic carbocycles.